The molecule has 0 bridgehead atoms. The number of benzene rings is 1. The number of nitrogen functional groups attached to an aromatic ring is 1. The van der Waals surface area contributed by atoms with Crippen LogP contribution in [-0.4, -0.2) is 24.5 Å². The molecule has 0 aromatic heterocycles. The molecular formula is C14H22N2O2S. The molecule has 1 saturated carbocycles. The van der Waals surface area contributed by atoms with Gasteiger partial charge in [0.2, 0.25) is 10.0 Å². The van der Waals surface area contributed by atoms with Gasteiger partial charge in [0.1, 0.15) is 0 Å². The largest absolute Gasteiger partial charge is 0.399 e. The third kappa shape index (κ3) is 3.28. The fourth-order valence-electron chi connectivity index (χ4n) is 2.61. The maximum Gasteiger partial charge on any atom is 0.217 e. The Bertz CT molecular complexity index is 505. The second kappa shape index (κ2) is 5.92. The van der Waals surface area contributed by atoms with Crippen LogP contribution in [-0.2, 0) is 16.6 Å². The molecule has 0 aliphatic heterocycles. The first-order valence-electron chi connectivity index (χ1n) is 6.87. The van der Waals surface area contributed by atoms with E-state index in [2.05, 4.69) is 0 Å². The zero-order valence-electron chi connectivity index (χ0n) is 11.4. The van der Waals surface area contributed by atoms with Gasteiger partial charge in [0.15, 0.2) is 0 Å². The molecule has 2 rings (SSSR count). The van der Waals surface area contributed by atoms with E-state index < -0.39 is 10.0 Å². The Labute approximate surface area is 115 Å². The van der Waals surface area contributed by atoms with Gasteiger partial charge in [-0.1, -0.05) is 31.9 Å². The van der Waals surface area contributed by atoms with Crippen LogP contribution in [0.1, 0.15) is 38.2 Å². The lowest BCUT2D eigenvalue weighted by molar-refractivity contribution is 0.414. The molecular weight excluding hydrogens is 260 g/mol. The van der Waals surface area contributed by atoms with Crippen LogP contribution >= 0.6 is 0 Å². The van der Waals surface area contributed by atoms with Gasteiger partial charge in [-0.15, -0.1) is 0 Å². The summed E-state index contributed by atoms with van der Waals surface area (Å²) in [5.41, 5.74) is 7.33. The van der Waals surface area contributed by atoms with Crippen molar-refractivity contribution < 1.29 is 8.42 Å². The van der Waals surface area contributed by atoms with Crippen molar-refractivity contribution in [3.63, 3.8) is 0 Å². The molecule has 1 aliphatic rings. The van der Waals surface area contributed by atoms with E-state index in [1.165, 1.54) is 0 Å². The van der Waals surface area contributed by atoms with E-state index in [-0.39, 0.29) is 5.25 Å². The first-order chi connectivity index (χ1) is 9.04. The van der Waals surface area contributed by atoms with Gasteiger partial charge < -0.3 is 5.73 Å². The molecule has 0 unspecified atom stereocenters. The number of hydrogen-bond donors (Lipinski definition) is 1. The molecule has 19 heavy (non-hydrogen) atoms. The number of nitrogens with two attached hydrogens (primary N) is 1. The van der Waals surface area contributed by atoms with Crippen molar-refractivity contribution in [3.8, 4) is 0 Å². The Hall–Kier alpha value is -1.07. The molecule has 0 heterocycles. The van der Waals surface area contributed by atoms with Gasteiger partial charge in [-0.2, -0.15) is 4.31 Å². The third-order valence-electron chi connectivity index (χ3n) is 3.77. The average Bonchev–Trinajstić information content (AvgIpc) is 2.92. The molecule has 0 radical (unpaired) electrons. The van der Waals surface area contributed by atoms with Crippen LogP contribution in [0.15, 0.2) is 24.3 Å². The van der Waals surface area contributed by atoms with Crippen molar-refractivity contribution in [3.05, 3.63) is 29.8 Å². The summed E-state index contributed by atoms with van der Waals surface area (Å²) in [7, 11) is -3.16. The number of sulfonamides is 1. The maximum absolute atomic E-state index is 12.5. The summed E-state index contributed by atoms with van der Waals surface area (Å²) in [6, 6.07) is 7.40. The van der Waals surface area contributed by atoms with Crippen molar-refractivity contribution in [1.29, 1.82) is 0 Å². The van der Waals surface area contributed by atoms with Gasteiger partial charge in [0, 0.05) is 18.8 Å². The monoisotopic (exact) mass is 282 g/mol. The molecule has 0 saturated heterocycles. The summed E-state index contributed by atoms with van der Waals surface area (Å²) in [5.74, 6) is 0. The second-order valence-corrected chi connectivity index (χ2v) is 7.33. The summed E-state index contributed by atoms with van der Waals surface area (Å²) in [4.78, 5) is 0. The second-order valence-electron chi connectivity index (χ2n) is 5.12. The molecule has 0 atom stereocenters. The highest BCUT2D eigenvalue weighted by molar-refractivity contribution is 7.89. The van der Waals surface area contributed by atoms with Crippen molar-refractivity contribution in [2.45, 2.75) is 44.4 Å². The molecule has 1 aromatic carbocycles. The van der Waals surface area contributed by atoms with Crippen LogP contribution < -0.4 is 5.73 Å². The molecule has 1 fully saturated rings. The summed E-state index contributed by atoms with van der Waals surface area (Å²) < 4.78 is 26.7. The molecule has 4 nitrogen and oxygen atoms in total. The summed E-state index contributed by atoms with van der Waals surface area (Å²) >= 11 is 0. The molecule has 0 spiro atoms. The summed E-state index contributed by atoms with van der Waals surface area (Å²) in [6.07, 6.45) is 3.67. The Morgan fingerprint density at radius 1 is 1.21 bits per heavy atom. The van der Waals surface area contributed by atoms with Crippen LogP contribution in [0.3, 0.4) is 0 Å². The number of nitrogens with zero attached hydrogens (tertiary/aromatic N) is 1. The van der Waals surface area contributed by atoms with Crippen LogP contribution in [0.4, 0.5) is 5.69 Å². The number of anilines is 1. The molecule has 0 amide bonds. The quantitative estimate of drug-likeness (QED) is 0.843. The van der Waals surface area contributed by atoms with Gasteiger partial charge in [0.05, 0.1) is 5.25 Å². The summed E-state index contributed by atoms with van der Waals surface area (Å²) in [6.45, 7) is 2.85. The fourth-order valence-corrected chi connectivity index (χ4v) is 4.65. The van der Waals surface area contributed by atoms with E-state index in [9.17, 15) is 8.42 Å². The van der Waals surface area contributed by atoms with Gasteiger partial charge in [-0.3, -0.25) is 0 Å². The van der Waals surface area contributed by atoms with E-state index >= 15 is 0 Å². The number of hydrogen-bond acceptors (Lipinski definition) is 3. The van der Waals surface area contributed by atoms with Crippen LogP contribution in [0.25, 0.3) is 0 Å². The van der Waals surface area contributed by atoms with Crippen molar-refractivity contribution >= 4 is 15.7 Å². The zero-order chi connectivity index (χ0) is 13.9. The normalized spacial score (nSPS) is 17.2. The fraction of sp³-hybridized carbons (Fsp3) is 0.571. The molecule has 1 aliphatic carbocycles. The van der Waals surface area contributed by atoms with Crippen molar-refractivity contribution in [2.75, 3.05) is 12.3 Å². The van der Waals surface area contributed by atoms with E-state index in [1.54, 1.807) is 4.31 Å². The minimum atomic E-state index is -3.16. The van der Waals surface area contributed by atoms with E-state index in [0.717, 1.165) is 31.2 Å². The van der Waals surface area contributed by atoms with Crippen molar-refractivity contribution in [1.82, 2.24) is 4.31 Å². The first kappa shape index (κ1) is 14.3. The molecule has 2 N–H and O–H groups in total. The SMILES string of the molecule is CCN(Cc1ccc(N)cc1)S(=O)(=O)C1CCCC1. The van der Waals surface area contributed by atoms with Crippen LogP contribution in [0.5, 0.6) is 0 Å². The first-order valence-corrected chi connectivity index (χ1v) is 8.37. The van der Waals surface area contributed by atoms with Gasteiger partial charge >= 0.3 is 0 Å². The highest BCUT2D eigenvalue weighted by atomic mass is 32.2. The lowest BCUT2D eigenvalue weighted by atomic mass is 10.2. The minimum absolute atomic E-state index is 0.179. The minimum Gasteiger partial charge on any atom is -0.399 e. The van der Waals surface area contributed by atoms with Crippen molar-refractivity contribution in [2.24, 2.45) is 0 Å². The van der Waals surface area contributed by atoms with Gasteiger partial charge in [-0.25, -0.2) is 8.42 Å². The van der Waals surface area contributed by atoms with E-state index in [0.29, 0.717) is 18.8 Å². The zero-order valence-corrected chi connectivity index (χ0v) is 12.2. The highest BCUT2D eigenvalue weighted by Crippen LogP contribution is 2.27. The van der Waals surface area contributed by atoms with Gasteiger partial charge in [0.25, 0.3) is 0 Å². The third-order valence-corrected chi connectivity index (χ3v) is 6.20. The summed E-state index contributed by atoms with van der Waals surface area (Å²) in [5, 5.41) is -0.179. The Balaban J connectivity index is 2.13. The lowest BCUT2D eigenvalue weighted by Gasteiger charge is -2.24. The highest BCUT2D eigenvalue weighted by Gasteiger charge is 2.33. The van der Waals surface area contributed by atoms with Crippen LogP contribution in [0.2, 0.25) is 0 Å². The van der Waals surface area contributed by atoms with E-state index in [4.69, 9.17) is 5.73 Å². The molecule has 106 valence electrons. The average molecular weight is 282 g/mol. The van der Waals surface area contributed by atoms with Crippen LogP contribution in [0, 0.1) is 0 Å². The smallest absolute Gasteiger partial charge is 0.217 e. The lowest BCUT2D eigenvalue weighted by Crippen LogP contribution is -2.37. The number of rotatable bonds is 5. The Morgan fingerprint density at radius 2 is 1.79 bits per heavy atom. The topological polar surface area (TPSA) is 63.4 Å². The molecule has 1 aromatic rings. The predicted molar refractivity (Wildman–Crippen MR) is 78.1 cm³/mol. The standard InChI is InChI=1S/C14H22N2O2S/c1-2-16(11-12-7-9-13(15)10-8-12)19(17,18)14-5-3-4-6-14/h7-10,14H,2-6,11,15H2,1H3. The predicted octanol–water partition coefficient (Wildman–Crippen LogP) is 2.36. The van der Waals surface area contributed by atoms with Gasteiger partial charge in [-0.05, 0) is 30.5 Å². The maximum atomic E-state index is 12.5. The van der Waals surface area contributed by atoms with E-state index in [1.807, 2.05) is 31.2 Å². The Kier molecular flexibility index (Phi) is 4.47. The molecule has 5 heteroatoms. The Morgan fingerprint density at radius 3 is 2.32 bits per heavy atom.